The van der Waals surface area contributed by atoms with Gasteiger partial charge in [0.05, 0.1) is 22.3 Å². The van der Waals surface area contributed by atoms with Crippen molar-refractivity contribution in [3.63, 3.8) is 0 Å². The molecule has 1 aliphatic carbocycles. The maximum absolute atomic E-state index is 13.4. The van der Waals surface area contributed by atoms with E-state index in [-0.39, 0.29) is 22.3 Å². The summed E-state index contributed by atoms with van der Waals surface area (Å²) >= 11 is 0. The van der Waals surface area contributed by atoms with E-state index in [1.54, 1.807) is 121 Å². The van der Waals surface area contributed by atoms with E-state index in [0.29, 0.717) is 12.8 Å². The predicted molar refractivity (Wildman–Crippen MR) is 156 cm³/mol. The van der Waals surface area contributed by atoms with Crippen LogP contribution in [-0.2, 0) is 23.7 Å². The molecule has 4 atom stereocenters. The second-order valence-corrected chi connectivity index (χ2v) is 10.5. The van der Waals surface area contributed by atoms with Crippen LogP contribution >= 0.6 is 0 Å². The summed E-state index contributed by atoms with van der Waals surface area (Å²) in [6, 6.07) is 33.0. The van der Waals surface area contributed by atoms with E-state index in [0.717, 1.165) is 0 Å². The first kappa shape index (κ1) is 28.8. The Bertz CT molecular complexity index is 1620. The van der Waals surface area contributed by atoms with Crippen LogP contribution in [0, 0.1) is 0 Å². The first-order chi connectivity index (χ1) is 21.4. The highest BCUT2D eigenvalue weighted by Crippen LogP contribution is 2.51. The topological polar surface area (TPSA) is 114 Å². The average Bonchev–Trinajstić information content (AvgIpc) is 3.85. The number of hydrogen-bond donors (Lipinski definition) is 0. The molecule has 1 saturated carbocycles. The average molecular weight is 593 g/mol. The lowest BCUT2D eigenvalue weighted by Crippen LogP contribution is -2.63. The van der Waals surface area contributed by atoms with Gasteiger partial charge in [0, 0.05) is 0 Å². The van der Waals surface area contributed by atoms with E-state index in [1.807, 2.05) is 0 Å². The fourth-order valence-electron chi connectivity index (χ4n) is 5.07. The molecule has 2 fully saturated rings. The summed E-state index contributed by atoms with van der Waals surface area (Å²) in [5.41, 5.74) is -0.207. The standard InChI is InChI=1S/C35H28O9/c36-30(23-13-5-1-6-14-23)40-27-28(41-31(37)24-15-7-2-8-16-24)34(43-33(39)26-19-11-4-12-20-26)44-35(21-22-35)29(27)42-32(38)25-17-9-3-10-18-25/h1-20,27-29,34H,21-22H2/t27-,28-,29+,34-/m1/s1. The molecule has 9 nitrogen and oxygen atoms in total. The quantitative estimate of drug-likeness (QED) is 0.196. The molecule has 9 heteroatoms. The number of ether oxygens (including phenoxy) is 5. The van der Waals surface area contributed by atoms with Crippen LogP contribution in [-0.4, -0.2) is 54.1 Å². The highest BCUT2D eigenvalue weighted by molar-refractivity contribution is 5.92. The zero-order valence-corrected chi connectivity index (χ0v) is 23.4. The van der Waals surface area contributed by atoms with Gasteiger partial charge in [-0.2, -0.15) is 0 Å². The molecule has 1 saturated heterocycles. The van der Waals surface area contributed by atoms with Gasteiger partial charge in [0.25, 0.3) is 0 Å². The molecular weight excluding hydrogens is 564 g/mol. The highest BCUT2D eigenvalue weighted by Gasteiger charge is 2.66. The number of carbonyl (C=O) groups is 4. The lowest BCUT2D eigenvalue weighted by molar-refractivity contribution is -0.288. The van der Waals surface area contributed by atoms with E-state index in [4.69, 9.17) is 23.7 Å². The van der Waals surface area contributed by atoms with Crippen LogP contribution in [0.1, 0.15) is 54.3 Å². The summed E-state index contributed by atoms with van der Waals surface area (Å²) < 4.78 is 30.0. The minimum absolute atomic E-state index is 0.207. The monoisotopic (exact) mass is 592 g/mol. The summed E-state index contributed by atoms with van der Waals surface area (Å²) in [4.78, 5) is 53.3. The first-order valence-electron chi connectivity index (χ1n) is 14.2. The summed E-state index contributed by atoms with van der Waals surface area (Å²) in [6.07, 6.45) is -4.74. The zero-order chi connectivity index (χ0) is 30.5. The van der Waals surface area contributed by atoms with Crippen LogP contribution in [0.15, 0.2) is 121 Å². The van der Waals surface area contributed by atoms with Crippen LogP contribution in [0.25, 0.3) is 0 Å². The minimum atomic E-state index is -1.50. The van der Waals surface area contributed by atoms with E-state index in [9.17, 15) is 19.2 Å². The molecule has 0 aromatic heterocycles. The first-order valence-corrected chi connectivity index (χ1v) is 14.2. The molecule has 222 valence electrons. The molecular formula is C35H28O9. The van der Waals surface area contributed by atoms with E-state index >= 15 is 0 Å². The maximum atomic E-state index is 13.4. The molecule has 4 aromatic carbocycles. The Morgan fingerprint density at radius 3 is 1.20 bits per heavy atom. The van der Waals surface area contributed by atoms with Gasteiger partial charge in [-0.1, -0.05) is 72.8 Å². The van der Waals surface area contributed by atoms with Crippen LogP contribution in [0.4, 0.5) is 0 Å². The fourth-order valence-corrected chi connectivity index (χ4v) is 5.07. The molecule has 6 rings (SSSR count). The Labute approximate surface area is 253 Å². The summed E-state index contributed by atoms with van der Waals surface area (Å²) in [7, 11) is 0. The summed E-state index contributed by atoms with van der Waals surface area (Å²) in [5.74, 6) is -2.94. The molecule has 1 aliphatic heterocycles. The third kappa shape index (κ3) is 6.23. The lowest BCUT2D eigenvalue weighted by Gasteiger charge is -2.44. The van der Waals surface area contributed by atoms with Crippen LogP contribution < -0.4 is 0 Å². The van der Waals surface area contributed by atoms with E-state index in [2.05, 4.69) is 0 Å². The molecule has 1 spiro atoms. The molecule has 0 unspecified atom stereocenters. The molecule has 0 amide bonds. The second kappa shape index (κ2) is 12.5. The molecule has 0 bridgehead atoms. The molecule has 0 radical (unpaired) electrons. The predicted octanol–water partition coefficient (Wildman–Crippen LogP) is 5.41. The Kier molecular flexibility index (Phi) is 8.21. The third-order valence-corrected chi connectivity index (χ3v) is 7.48. The van der Waals surface area contributed by atoms with Gasteiger partial charge >= 0.3 is 23.9 Å². The Morgan fingerprint density at radius 1 is 0.477 bits per heavy atom. The molecule has 44 heavy (non-hydrogen) atoms. The Morgan fingerprint density at radius 2 is 0.818 bits per heavy atom. The SMILES string of the molecule is O=C(O[C@@H]1OC2(CC2)[C@@H](OC(=O)c2ccccc2)[C@H](OC(=O)c2ccccc2)[C@H]1OC(=O)c1ccccc1)c1ccccc1. The van der Waals surface area contributed by atoms with Gasteiger partial charge in [-0.15, -0.1) is 0 Å². The summed E-state index contributed by atoms with van der Waals surface area (Å²) in [6.45, 7) is 0. The normalized spacial score (nSPS) is 21.5. The van der Waals surface area contributed by atoms with Crippen molar-refractivity contribution in [3.8, 4) is 0 Å². The number of carbonyl (C=O) groups excluding carboxylic acids is 4. The van der Waals surface area contributed by atoms with Crippen LogP contribution in [0.5, 0.6) is 0 Å². The van der Waals surface area contributed by atoms with Crippen molar-refractivity contribution in [2.75, 3.05) is 0 Å². The zero-order valence-electron chi connectivity index (χ0n) is 23.4. The number of esters is 4. The van der Waals surface area contributed by atoms with Gasteiger partial charge in [0.1, 0.15) is 5.60 Å². The van der Waals surface area contributed by atoms with Crippen LogP contribution in [0.3, 0.4) is 0 Å². The van der Waals surface area contributed by atoms with Crippen molar-refractivity contribution in [2.45, 2.75) is 43.0 Å². The lowest BCUT2D eigenvalue weighted by atomic mass is 9.95. The van der Waals surface area contributed by atoms with Crippen molar-refractivity contribution in [3.05, 3.63) is 144 Å². The second-order valence-electron chi connectivity index (χ2n) is 10.5. The molecule has 1 heterocycles. The number of rotatable bonds is 8. The maximum Gasteiger partial charge on any atom is 0.340 e. The smallest absolute Gasteiger partial charge is 0.340 e. The Balaban J connectivity index is 1.38. The number of hydrogen-bond acceptors (Lipinski definition) is 9. The van der Waals surface area contributed by atoms with Crippen molar-refractivity contribution < 1.29 is 42.9 Å². The van der Waals surface area contributed by atoms with Crippen molar-refractivity contribution >= 4 is 23.9 Å². The van der Waals surface area contributed by atoms with Gasteiger partial charge in [-0.05, 0) is 61.4 Å². The third-order valence-electron chi connectivity index (χ3n) is 7.48. The van der Waals surface area contributed by atoms with Gasteiger partial charge in [0.2, 0.25) is 12.4 Å². The van der Waals surface area contributed by atoms with Crippen LogP contribution in [0.2, 0.25) is 0 Å². The van der Waals surface area contributed by atoms with Gasteiger partial charge in [-0.3, -0.25) is 0 Å². The molecule has 2 aliphatic rings. The summed E-state index contributed by atoms with van der Waals surface area (Å²) in [5, 5.41) is 0. The van der Waals surface area contributed by atoms with E-state index < -0.39 is 54.1 Å². The van der Waals surface area contributed by atoms with Crippen molar-refractivity contribution in [1.82, 2.24) is 0 Å². The Hall–Kier alpha value is -5.28. The van der Waals surface area contributed by atoms with Gasteiger partial charge < -0.3 is 23.7 Å². The minimum Gasteiger partial charge on any atom is -0.452 e. The molecule has 4 aromatic rings. The highest BCUT2D eigenvalue weighted by atomic mass is 16.7. The van der Waals surface area contributed by atoms with Gasteiger partial charge in [-0.25, -0.2) is 19.2 Å². The number of benzene rings is 4. The largest absolute Gasteiger partial charge is 0.452 e. The van der Waals surface area contributed by atoms with Crippen molar-refractivity contribution in [1.29, 1.82) is 0 Å². The molecule has 0 N–H and O–H groups in total. The fraction of sp³-hybridized carbons (Fsp3) is 0.200. The van der Waals surface area contributed by atoms with Gasteiger partial charge in [0.15, 0.2) is 12.2 Å². The van der Waals surface area contributed by atoms with Crippen molar-refractivity contribution in [2.24, 2.45) is 0 Å². The van der Waals surface area contributed by atoms with E-state index in [1.165, 1.54) is 0 Å².